The van der Waals surface area contributed by atoms with E-state index in [0.29, 0.717) is 0 Å². The number of hydrogen-bond donors (Lipinski definition) is 1. The van der Waals surface area contributed by atoms with Gasteiger partial charge in [0.25, 0.3) is 0 Å². The van der Waals surface area contributed by atoms with Gasteiger partial charge in [-0.15, -0.1) is 0 Å². The highest BCUT2D eigenvalue weighted by Gasteiger charge is 2.06. The summed E-state index contributed by atoms with van der Waals surface area (Å²) in [5.41, 5.74) is 3.17. The third-order valence-electron chi connectivity index (χ3n) is 1.95. The van der Waals surface area contributed by atoms with Crippen molar-refractivity contribution in [3.05, 3.63) is 35.2 Å². The van der Waals surface area contributed by atoms with Gasteiger partial charge >= 0.3 is 0 Å². The molecule has 3 nitrogen and oxygen atoms in total. The van der Waals surface area contributed by atoms with E-state index in [-0.39, 0.29) is 6.04 Å². The Morgan fingerprint density at radius 3 is 2.50 bits per heavy atom. The summed E-state index contributed by atoms with van der Waals surface area (Å²) in [6.07, 6.45) is 2.14. The van der Waals surface area contributed by atoms with E-state index in [1.807, 2.05) is 26.1 Å². The highest BCUT2D eigenvalue weighted by molar-refractivity contribution is 5.16. The Bertz CT molecular complexity index is 310. The van der Waals surface area contributed by atoms with E-state index >= 15 is 0 Å². The molecular formula is C11H17N3. The molecule has 0 fully saturated rings. The average molecular weight is 191 g/mol. The monoisotopic (exact) mass is 191 g/mol. The summed E-state index contributed by atoms with van der Waals surface area (Å²) >= 11 is 0. The highest BCUT2D eigenvalue weighted by Crippen LogP contribution is 2.12. The summed E-state index contributed by atoms with van der Waals surface area (Å²) in [5.74, 6) is 0. The van der Waals surface area contributed by atoms with Gasteiger partial charge in [0, 0.05) is 0 Å². The first kappa shape index (κ1) is 10.9. The summed E-state index contributed by atoms with van der Waals surface area (Å²) in [7, 11) is 1.92. The van der Waals surface area contributed by atoms with E-state index in [9.17, 15) is 0 Å². The maximum atomic E-state index is 4.15. The number of nitrogens with one attached hydrogen (secondary N) is 1. The van der Waals surface area contributed by atoms with Gasteiger partial charge in [-0.1, -0.05) is 11.6 Å². The van der Waals surface area contributed by atoms with E-state index in [1.165, 1.54) is 5.57 Å². The van der Waals surface area contributed by atoms with Crippen LogP contribution in [0.1, 0.15) is 31.3 Å². The van der Waals surface area contributed by atoms with Crippen molar-refractivity contribution in [3.8, 4) is 0 Å². The van der Waals surface area contributed by atoms with Gasteiger partial charge in [0.15, 0.2) is 0 Å². The van der Waals surface area contributed by atoms with Crippen LogP contribution < -0.4 is 5.32 Å². The molecule has 14 heavy (non-hydrogen) atoms. The molecule has 1 atom stereocenters. The molecule has 3 heteroatoms. The lowest BCUT2D eigenvalue weighted by atomic mass is 10.1. The van der Waals surface area contributed by atoms with Gasteiger partial charge in [-0.25, -0.2) is 0 Å². The predicted molar refractivity (Wildman–Crippen MR) is 58.0 cm³/mol. The van der Waals surface area contributed by atoms with Gasteiger partial charge in [0.1, 0.15) is 0 Å². The number of aromatic nitrogens is 2. The smallest absolute Gasteiger partial charge is 0.0839 e. The zero-order valence-corrected chi connectivity index (χ0v) is 9.20. The van der Waals surface area contributed by atoms with E-state index < -0.39 is 0 Å². The van der Waals surface area contributed by atoms with Crippen LogP contribution in [0.25, 0.3) is 0 Å². The van der Waals surface area contributed by atoms with Crippen LogP contribution in [0.2, 0.25) is 0 Å². The third kappa shape index (κ3) is 2.92. The minimum absolute atomic E-state index is 0.160. The topological polar surface area (TPSA) is 37.8 Å². The van der Waals surface area contributed by atoms with E-state index in [4.69, 9.17) is 0 Å². The fourth-order valence-corrected chi connectivity index (χ4v) is 1.23. The van der Waals surface area contributed by atoms with Crippen LogP contribution in [0.15, 0.2) is 23.8 Å². The second kappa shape index (κ2) is 4.86. The molecule has 0 aliphatic rings. The van der Waals surface area contributed by atoms with Crippen molar-refractivity contribution >= 4 is 0 Å². The Balaban J connectivity index is 2.90. The summed E-state index contributed by atoms with van der Waals surface area (Å²) in [6.45, 7) is 6.09. The number of hydrogen-bond acceptors (Lipinski definition) is 3. The van der Waals surface area contributed by atoms with Crippen molar-refractivity contribution in [3.63, 3.8) is 0 Å². The van der Waals surface area contributed by atoms with Crippen LogP contribution in [0.3, 0.4) is 0 Å². The fourth-order valence-electron chi connectivity index (χ4n) is 1.23. The van der Waals surface area contributed by atoms with Gasteiger partial charge in [0.05, 0.1) is 17.4 Å². The Kier molecular flexibility index (Phi) is 3.77. The zero-order valence-electron chi connectivity index (χ0n) is 9.20. The molecule has 1 heterocycles. The average Bonchev–Trinajstić information content (AvgIpc) is 2.15. The number of likely N-dealkylation sites (N-methyl/N-ethyl adjacent to an activating group) is 1. The van der Waals surface area contributed by atoms with Gasteiger partial charge in [-0.3, -0.25) is 0 Å². The number of allylic oxidation sites excluding steroid dienone is 1. The molecule has 1 aromatic heterocycles. The van der Waals surface area contributed by atoms with Crippen molar-refractivity contribution in [2.45, 2.75) is 26.8 Å². The second-order valence-corrected chi connectivity index (χ2v) is 3.61. The first-order valence-electron chi connectivity index (χ1n) is 4.76. The molecule has 1 N–H and O–H groups in total. The van der Waals surface area contributed by atoms with Crippen molar-refractivity contribution in [2.24, 2.45) is 0 Å². The summed E-state index contributed by atoms with van der Waals surface area (Å²) in [5, 5.41) is 11.4. The summed E-state index contributed by atoms with van der Waals surface area (Å²) in [4.78, 5) is 0. The fraction of sp³-hybridized carbons (Fsp3) is 0.455. The minimum Gasteiger partial charge on any atom is -0.308 e. The molecule has 0 aliphatic heterocycles. The quantitative estimate of drug-likeness (QED) is 0.743. The van der Waals surface area contributed by atoms with Crippen molar-refractivity contribution in [1.82, 2.24) is 15.5 Å². The Morgan fingerprint density at radius 2 is 2.07 bits per heavy atom. The molecule has 0 aromatic carbocycles. The first-order valence-corrected chi connectivity index (χ1v) is 4.76. The molecule has 1 unspecified atom stereocenters. The zero-order chi connectivity index (χ0) is 10.6. The summed E-state index contributed by atoms with van der Waals surface area (Å²) in [6, 6.07) is 4.14. The van der Waals surface area contributed by atoms with E-state index in [1.54, 1.807) is 0 Å². The van der Waals surface area contributed by atoms with Crippen LogP contribution in [-0.2, 0) is 0 Å². The molecule has 0 spiro atoms. The van der Waals surface area contributed by atoms with Gasteiger partial charge in [-0.05, 0) is 40.0 Å². The molecular weight excluding hydrogens is 174 g/mol. The Labute approximate surface area is 85.3 Å². The predicted octanol–water partition coefficient (Wildman–Crippen LogP) is 2.01. The van der Waals surface area contributed by atoms with Gasteiger partial charge in [-0.2, -0.15) is 10.2 Å². The molecule has 0 saturated heterocycles. The lowest BCUT2D eigenvalue weighted by Crippen LogP contribution is -2.16. The van der Waals surface area contributed by atoms with Crippen molar-refractivity contribution in [1.29, 1.82) is 0 Å². The van der Waals surface area contributed by atoms with Gasteiger partial charge in [0.2, 0.25) is 0 Å². The first-order chi connectivity index (χ1) is 6.63. The second-order valence-electron chi connectivity index (χ2n) is 3.61. The lowest BCUT2D eigenvalue weighted by molar-refractivity contribution is 0.671. The molecule has 1 aromatic rings. The SMILES string of the molecule is CNC(C=C(C)C)c1ccc(C)nn1. The largest absolute Gasteiger partial charge is 0.308 e. The maximum absolute atomic E-state index is 4.15. The molecule has 0 aliphatic carbocycles. The molecule has 1 rings (SSSR count). The normalized spacial score (nSPS) is 12.3. The molecule has 0 radical (unpaired) electrons. The Morgan fingerprint density at radius 1 is 1.36 bits per heavy atom. The third-order valence-corrected chi connectivity index (χ3v) is 1.95. The molecule has 0 bridgehead atoms. The Hall–Kier alpha value is -1.22. The molecule has 76 valence electrons. The van der Waals surface area contributed by atoms with Crippen LogP contribution >= 0.6 is 0 Å². The van der Waals surface area contributed by atoms with Crippen LogP contribution in [0.4, 0.5) is 0 Å². The number of nitrogens with zero attached hydrogens (tertiary/aromatic N) is 2. The van der Waals surface area contributed by atoms with E-state index in [2.05, 4.69) is 35.4 Å². The molecule has 0 amide bonds. The highest BCUT2D eigenvalue weighted by atomic mass is 15.1. The maximum Gasteiger partial charge on any atom is 0.0839 e. The standard InChI is InChI=1S/C11H17N3/c1-8(2)7-11(12-4)10-6-5-9(3)13-14-10/h5-7,11-12H,1-4H3. The van der Waals surface area contributed by atoms with Gasteiger partial charge < -0.3 is 5.32 Å². The van der Waals surface area contributed by atoms with E-state index in [0.717, 1.165) is 11.4 Å². The van der Waals surface area contributed by atoms with Crippen molar-refractivity contribution < 1.29 is 0 Å². The number of rotatable bonds is 3. The lowest BCUT2D eigenvalue weighted by Gasteiger charge is -2.11. The number of aryl methyl sites for hydroxylation is 1. The summed E-state index contributed by atoms with van der Waals surface area (Å²) < 4.78 is 0. The minimum atomic E-state index is 0.160. The van der Waals surface area contributed by atoms with Crippen molar-refractivity contribution in [2.75, 3.05) is 7.05 Å². The van der Waals surface area contributed by atoms with Crippen LogP contribution in [0.5, 0.6) is 0 Å². The van der Waals surface area contributed by atoms with Crippen LogP contribution in [0, 0.1) is 6.92 Å². The van der Waals surface area contributed by atoms with Crippen LogP contribution in [-0.4, -0.2) is 17.2 Å². The molecule has 0 saturated carbocycles.